The van der Waals surface area contributed by atoms with Crippen molar-refractivity contribution < 1.29 is 37.0 Å². The molecule has 0 saturated carbocycles. The topological polar surface area (TPSA) is 61.8 Å². The normalized spacial score (nSPS) is 11.1. The fraction of sp³-hybridized carbons (Fsp3) is 0.391. The predicted octanol–water partition coefficient (Wildman–Crippen LogP) is 6.07. The van der Waals surface area contributed by atoms with Crippen molar-refractivity contribution in [2.45, 2.75) is 52.0 Å². The van der Waals surface area contributed by atoms with Gasteiger partial charge in [-0.1, -0.05) is 56.9 Å². The molecule has 0 aliphatic heterocycles. The van der Waals surface area contributed by atoms with Crippen LogP contribution >= 0.6 is 0 Å². The van der Waals surface area contributed by atoms with Gasteiger partial charge in [-0.2, -0.15) is 0 Å². The minimum absolute atomic E-state index is 0.0653. The molecule has 2 rings (SSSR count). The maximum atomic E-state index is 12.4. The molecule has 0 saturated heterocycles. The van der Waals surface area contributed by atoms with E-state index in [2.05, 4.69) is 11.7 Å². The van der Waals surface area contributed by atoms with Crippen LogP contribution < -0.4 is 4.74 Å². The molecule has 0 heterocycles. The van der Waals surface area contributed by atoms with Gasteiger partial charge in [0.25, 0.3) is 0 Å². The number of ether oxygens (including phenoxy) is 3. The average molecular weight is 438 g/mol. The molecule has 5 nitrogen and oxygen atoms in total. The molecule has 0 aromatic heterocycles. The van der Waals surface area contributed by atoms with Crippen LogP contribution in [0.3, 0.4) is 0 Å². The second-order valence-electron chi connectivity index (χ2n) is 6.86. The summed E-state index contributed by atoms with van der Waals surface area (Å²) < 4.78 is 50.9. The molecule has 8 heteroatoms. The first-order chi connectivity index (χ1) is 14.8. The van der Waals surface area contributed by atoms with Gasteiger partial charge >= 0.3 is 18.3 Å². The zero-order chi connectivity index (χ0) is 22.7. The van der Waals surface area contributed by atoms with Crippen molar-refractivity contribution in [2.24, 2.45) is 0 Å². The van der Waals surface area contributed by atoms with Crippen LogP contribution in [0.1, 0.15) is 65.3 Å². The fourth-order valence-corrected chi connectivity index (χ4v) is 2.80. The lowest BCUT2D eigenvalue weighted by atomic mass is 10.1. The summed E-state index contributed by atoms with van der Waals surface area (Å²) in [6.07, 6.45) is 0.299. The number of carbonyl (C=O) groups is 2. The summed E-state index contributed by atoms with van der Waals surface area (Å²) in [6, 6.07) is 11.1. The highest BCUT2D eigenvalue weighted by Crippen LogP contribution is 2.23. The van der Waals surface area contributed by atoms with Crippen molar-refractivity contribution in [1.82, 2.24) is 0 Å². The van der Waals surface area contributed by atoms with Crippen LogP contribution in [0.15, 0.2) is 48.5 Å². The Labute approximate surface area is 179 Å². The van der Waals surface area contributed by atoms with E-state index in [4.69, 9.17) is 9.47 Å². The quantitative estimate of drug-likeness (QED) is 0.315. The highest BCUT2D eigenvalue weighted by molar-refractivity contribution is 6.03. The summed E-state index contributed by atoms with van der Waals surface area (Å²) >= 11 is 0. The Morgan fingerprint density at radius 3 is 1.97 bits per heavy atom. The van der Waals surface area contributed by atoms with E-state index < -0.39 is 18.3 Å². The zero-order valence-corrected chi connectivity index (χ0v) is 17.2. The summed E-state index contributed by atoms with van der Waals surface area (Å²) in [5, 5.41) is 0. The number of rotatable bonds is 11. The Kier molecular flexibility index (Phi) is 9.37. The Hall–Kier alpha value is -3.03. The number of benzene rings is 2. The summed E-state index contributed by atoms with van der Waals surface area (Å²) in [5.41, 5.74) is 0.639. The summed E-state index contributed by atoms with van der Waals surface area (Å²) in [5.74, 6) is -1.70. The van der Waals surface area contributed by atoms with Gasteiger partial charge in [0.15, 0.2) is 0 Å². The number of hydrogen-bond acceptors (Lipinski definition) is 5. The first-order valence-corrected chi connectivity index (χ1v) is 10.1. The van der Waals surface area contributed by atoms with Gasteiger partial charge in [0, 0.05) is 0 Å². The fourth-order valence-electron chi connectivity index (χ4n) is 2.80. The van der Waals surface area contributed by atoms with E-state index in [1.54, 1.807) is 12.1 Å². The molecule has 0 amide bonds. The van der Waals surface area contributed by atoms with Crippen LogP contribution in [-0.4, -0.2) is 24.9 Å². The smallest absolute Gasteiger partial charge is 0.462 e. The SMILES string of the molecule is CCCCCCCOC(=O)c1ccccc1C(=O)OCc1ccc(OC(F)(F)F)cc1. The summed E-state index contributed by atoms with van der Waals surface area (Å²) in [4.78, 5) is 24.8. The van der Waals surface area contributed by atoms with Crippen LogP contribution in [0.25, 0.3) is 0 Å². The van der Waals surface area contributed by atoms with Crippen molar-refractivity contribution in [2.75, 3.05) is 6.61 Å². The first kappa shape index (κ1) is 24.2. The number of esters is 2. The second kappa shape index (κ2) is 12.0. The van der Waals surface area contributed by atoms with Crippen molar-refractivity contribution >= 4 is 11.9 Å². The van der Waals surface area contributed by atoms with Crippen molar-refractivity contribution in [1.29, 1.82) is 0 Å². The van der Waals surface area contributed by atoms with Gasteiger partial charge in [0.2, 0.25) is 0 Å². The molecule has 0 radical (unpaired) electrons. The Bertz CT molecular complexity index is 847. The number of carbonyl (C=O) groups excluding carboxylic acids is 2. The van der Waals surface area contributed by atoms with Crippen molar-refractivity contribution in [3.8, 4) is 5.75 Å². The highest BCUT2D eigenvalue weighted by atomic mass is 19.4. The van der Waals surface area contributed by atoms with Gasteiger partial charge in [-0.25, -0.2) is 9.59 Å². The van der Waals surface area contributed by atoms with E-state index in [-0.39, 0.29) is 30.1 Å². The molecule has 0 N–H and O–H groups in total. The van der Waals surface area contributed by atoms with Crippen LogP contribution in [0, 0.1) is 0 Å². The first-order valence-electron chi connectivity index (χ1n) is 10.1. The Morgan fingerprint density at radius 1 is 0.806 bits per heavy atom. The lowest BCUT2D eigenvalue weighted by molar-refractivity contribution is -0.274. The van der Waals surface area contributed by atoms with Crippen LogP contribution in [0.5, 0.6) is 5.75 Å². The minimum Gasteiger partial charge on any atom is -0.462 e. The van der Waals surface area contributed by atoms with Gasteiger partial charge in [-0.05, 0) is 36.2 Å². The zero-order valence-electron chi connectivity index (χ0n) is 17.2. The molecule has 2 aromatic rings. The molecule has 2 aromatic carbocycles. The Morgan fingerprint density at radius 2 is 1.39 bits per heavy atom. The summed E-state index contributed by atoms with van der Waals surface area (Å²) in [6.45, 7) is 2.22. The molecular weight excluding hydrogens is 413 g/mol. The van der Waals surface area contributed by atoms with E-state index in [0.717, 1.165) is 44.2 Å². The van der Waals surface area contributed by atoms with Gasteiger partial charge in [-0.3, -0.25) is 0 Å². The molecule has 0 atom stereocenters. The van der Waals surface area contributed by atoms with Crippen LogP contribution in [-0.2, 0) is 16.1 Å². The van der Waals surface area contributed by atoms with Crippen LogP contribution in [0.4, 0.5) is 13.2 Å². The van der Waals surface area contributed by atoms with E-state index in [1.165, 1.54) is 24.3 Å². The molecule has 0 aliphatic rings. The third-order valence-corrected chi connectivity index (χ3v) is 4.37. The van der Waals surface area contributed by atoms with Crippen molar-refractivity contribution in [3.63, 3.8) is 0 Å². The lowest BCUT2D eigenvalue weighted by Gasteiger charge is -2.11. The van der Waals surface area contributed by atoms with E-state index in [9.17, 15) is 22.8 Å². The molecule has 0 spiro atoms. The van der Waals surface area contributed by atoms with Crippen LogP contribution in [0.2, 0.25) is 0 Å². The van der Waals surface area contributed by atoms with Gasteiger partial charge in [0.1, 0.15) is 12.4 Å². The van der Waals surface area contributed by atoms with Gasteiger partial charge < -0.3 is 14.2 Å². The molecule has 168 valence electrons. The third kappa shape index (κ3) is 8.70. The van der Waals surface area contributed by atoms with Gasteiger partial charge in [0.05, 0.1) is 17.7 Å². The Balaban J connectivity index is 1.90. The highest BCUT2D eigenvalue weighted by Gasteiger charge is 2.31. The third-order valence-electron chi connectivity index (χ3n) is 4.37. The minimum atomic E-state index is -4.78. The molecule has 0 aliphatic carbocycles. The number of hydrogen-bond donors (Lipinski definition) is 0. The maximum absolute atomic E-state index is 12.4. The molecule has 0 bridgehead atoms. The van der Waals surface area contributed by atoms with Gasteiger partial charge in [-0.15, -0.1) is 13.2 Å². The predicted molar refractivity (Wildman–Crippen MR) is 108 cm³/mol. The number of halogens is 3. The second-order valence-corrected chi connectivity index (χ2v) is 6.86. The number of alkyl halides is 3. The monoisotopic (exact) mass is 438 g/mol. The number of unbranched alkanes of at least 4 members (excludes halogenated alkanes) is 4. The molecule has 0 unspecified atom stereocenters. The largest absolute Gasteiger partial charge is 0.573 e. The standard InChI is InChI=1S/C23H25F3O5/c1-2-3-4-5-8-15-29-21(27)19-9-6-7-10-20(19)22(28)30-16-17-11-13-18(14-12-17)31-23(24,25)26/h6-7,9-14H,2-5,8,15-16H2,1H3. The molecule has 31 heavy (non-hydrogen) atoms. The van der Waals surface area contributed by atoms with Crippen molar-refractivity contribution in [3.05, 3.63) is 65.2 Å². The average Bonchev–Trinajstić information content (AvgIpc) is 2.74. The lowest BCUT2D eigenvalue weighted by Crippen LogP contribution is -2.17. The van der Waals surface area contributed by atoms with E-state index in [0.29, 0.717) is 5.56 Å². The maximum Gasteiger partial charge on any atom is 0.573 e. The molecule has 0 fully saturated rings. The molecular formula is C23H25F3O5. The van der Waals surface area contributed by atoms with E-state index >= 15 is 0 Å². The summed E-state index contributed by atoms with van der Waals surface area (Å²) in [7, 11) is 0. The van der Waals surface area contributed by atoms with E-state index in [1.807, 2.05) is 0 Å².